The molecule has 10 heteroatoms. The fraction of sp³-hybridized carbons (Fsp3) is 0.233. The number of ether oxygens (including phenoxy) is 1. The number of imidazole rings is 1. The molecule has 1 aliphatic heterocycles. The van der Waals surface area contributed by atoms with E-state index in [1.165, 1.54) is 12.4 Å². The van der Waals surface area contributed by atoms with Crippen LogP contribution in [0.1, 0.15) is 30.5 Å². The quantitative estimate of drug-likeness (QED) is 0.274. The number of hydrogen-bond acceptors (Lipinski definition) is 7. The maximum Gasteiger partial charge on any atom is 0.246 e. The lowest BCUT2D eigenvalue weighted by Crippen LogP contribution is -2.32. The van der Waals surface area contributed by atoms with E-state index in [1.54, 1.807) is 30.3 Å². The highest BCUT2D eigenvalue weighted by atomic mass is 19.1. The second kappa shape index (κ2) is 10.0. The first-order chi connectivity index (χ1) is 19.3. The molecule has 0 radical (unpaired) electrons. The van der Waals surface area contributed by atoms with E-state index in [0.29, 0.717) is 40.5 Å². The Kier molecular flexibility index (Phi) is 6.37. The second-order valence-corrected chi connectivity index (χ2v) is 10.1. The molecule has 40 heavy (non-hydrogen) atoms. The van der Waals surface area contributed by atoms with Crippen LogP contribution in [0.4, 0.5) is 15.9 Å². The van der Waals surface area contributed by atoms with Gasteiger partial charge in [-0.05, 0) is 62.7 Å². The Labute approximate surface area is 230 Å². The molecular formula is C30H28FN7O2. The van der Waals surface area contributed by atoms with Gasteiger partial charge in [0.25, 0.3) is 0 Å². The van der Waals surface area contributed by atoms with Gasteiger partial charge in [-0.2, -0.15) is 0 Å². The van der Waals surface area contributed by atoms with Crippen LogP contribution in [0.3, 0.4) is 0 Å². The van der Waals surface area contributed by atoms with E-state index < -0.39 is 5.82 Å². The van der Waals surface area contributed by atoms with Crippen molar-refractivity contribution >= 4 is 39.5 Å². The van der Waals surface area contributed by atoms with Crippen LogP contribution in [-0.2, 0) is 11.8 Å². The van der Waals surface area contributed by atoms with Crippen molar-refractivity contribution in [3.63, 3.8) is 0 Å². The highest BCUT2D eigenvalue weighted by Gasteiger charge is 2.33. The molecule has 2 atom stereocenters. The minimum atomic E-state index is -0.456. The van der Waals surface area contributed by atoms with Crippen molar-refractivity contribution in [1.82, 2.24) is 29.4 Å². The predicted molar refractivity (Wildman–Crippen MR) is 151 cm³/mol. The number of carbonyl (C=O) groups excluding carboxylic acids is 1. The lowest BCUT2D eigenvalue weighted by Gasteiger charge is -2.19. The third kappa shape index (κ3) is 4.51. The van der Waals surface area contributed by atoms with Crippen molar-refractivity contribution < 1.29 is 13.9 Å². The summed E-state index contributed by atoms with van der Waals surface area (Å²) in [6.07, 6.45) is 5.29. The summed E-state index contributed by atoms with van der Waals surface area (Å²) in [7, 11) is 1.92. The molecule has 0 bridgehead atoms. The zero-order valence-electron chi connectivity index (χ0n) is 22.4. The Hall–Kier alpha value is -4.86. The fourth-order valence-electron chi connectivity index (χ4n) is 5.25. The van der Waals surface area contributed by atoms with Crippen LogP contribution in [0.5, 0.6) is 11.5 Å². The van der Waals surface area contributed by atoms with Crippen LogP contribution in [0.2, 0.25) is 0 Å². The molecular weight excluding hydrogens is 509 g/mol. The molecule has 0 spiro atoms. The fourth-order valence-corrected chi connectivity index (χ4v) is 5.25. The predicted octanol–water partition coefficient (Wildman–Crippen LogP) is 5.79. The Morgan fingerprint density at radius 3 is 2.83 bits per heavy atom. The summed E-state index contributed by atoms with van der Waals surface area (Å²) >= 11 is 0. The number of nitrogens with zero attached hydrogens (tertiary/aromatic N) is 6. The molecule has 1 N–H and O–H groups in total. The normalized spacial score (nSPS) is 16.9. The van der Waals surface area contributed by atoms with Crippen LogP contribution >= 0.6 is 0 Å². The summed E-state index contributed by atoms with van der Waals surface area (Å²) in [6, 6.07) is 12.8. The van der Waals surface area contributed by atoms with E-state index in [-0.39, 0.29) is 23.6 Å². The van der Waals surface area contributed by atoms with Crippen LogP contribution in [0.25, 0.3) is 22.1 Å². The average molecular weight is 538 g/mol. The van der Waals surface area contributed by atoms with Gasteiger partial charge in [-0.25, -0.2) is 24.3 Å². The number of likely N-dealkylation sites (tertiary alicyclic amines) is 1. The molecule has 6 rings (SSSR count). The minimum Gasteiger partial charge on any atom is -0.457 e. The van der Waals surface area contributed by atoms with Gasteiger partial charge < -0.3 is 19.5 Å². The summed E-state index contributed by atoms with van der Waals surface area (Å²) < 4.78 is 23.5. The summed E-state index contributed by atoms with van der Waals surface area (Å²) in [4.78, 5) is 31.9. The number of hydrogen-bond donors (Lipinski definition) is 1. The highest BCUT2D eigenvalue weighted by Crippen LogP contribution is 2.35. The third-order valence-corrected chi connectivity index (χ3v) is 7.47. The van der Waals surface area contributed by atoms with Gasteiger partial charge in [-0.3, -0.25) is 4.79 Å². The number of amides is 1. The van der Waals surface area contributed by atoms with Gasteiger partial charge in [0.1, 0.15) is 23.3 Å². The first-order valence-corrected chi connectivity index (χ1v) is 13.0. The molecule has 0 saturated carbocycles. The number of aryl methyl sites for hydroxylation is 1. The molecule has 0 aliphatic carbocycles. The molecule has 202 valence electrons. The Bertz CT molecular complexity index is 1780. The van der Waals surface area contributed by atoms with E-state index in [9.17, 15) is 4.79 Å². The number of halogens is 1. The summed E-state index contributed by atoms with van der Waals surface area (Å²) in [5.41, 5.74) is 4.37. The van der Waals surface area contributed by atoms with Crippen LogP contribution in [-0.4, -0.2) is 47.9 Å². The van der Waals surface area contributed by atoms with Crippen molar-refractivity contribution in [2.24, 2.45) is 7.05 Å². The van der Waals surface area contributed by atoms with Gasteiger partial charge in [0, 0.05) is 42.9 Å². The van der Waals surface area contributed by atoms with Crippen molar-refractivity contribution in [2.45, 2.75) is 32.2 Å². The molecule has 1 aliphatic rings. The first kappa shape index (κ1) is 25.4. The standard InChI is InChI=1S/C30H28FN7O2/c1-5-27(39)38-14-19(12-17(38)2)21-7-8-23-29(35-21)30(33-15-32-23)36-22-9-11-26(18(3)28(22)31)40-20-6-10-25-24(13-20)34-16-37(25)4/h5-11,13,15-17,19H,1,12,14H2,2-4H3,(H,32,33,36). The number of fused-ring (bicyclic) bond motifs is 2. The first-order valence-electron chi connectivity index (χ1n) is 13.0. The number of nitrogens with one attached hydrogen (secondary N) is 1. The maximum atomic E-state index is 15.6. The zero-order chi connectivity index (χ0) is 28.0. The van der Waals surface area contributed by atoms with Crippen LogP contribution in [0.15, 0.2) is 67.8 Å². The summed E-state index contributed by atoms with van der Waals surface area (Å²) in [6.45, 7) is 7.86. The summed E-state index contributed by atoms with van der Waals surface area (Å²) in [5.74, 6) is 0.893. The monoisotopic (exact) mass is 537 g/mol. The van der Waals surface area contributed by atoms with Gasteiger partial charge in [0.05, 0.1) is 28.6 Å². The van der Waals surface area contributed by atoms with E-state index in [0.717, 1.165) is 23.1 Å². The smallest absolute Gasteiger partial charge is 0.246 e. The average Bonchev–Trinajstić information content (AvgIpc) is 3.54. The molecule has 4 heterocycles. The molecule has 2 unspecified atom stereocenters. The number of benzene rings is 2. The number of carbonyl (C=O) groups is 1. The van der Waals surface area contributed by atoms with E-state index in [1.807, 2.05) is 48.9 Å². The topological polar surface area (TPSA) is 98.1 Å². The zero-order valence-corrected chi connectivity index (χ0v) is 22.4. The van der Waals surface area contributed by atoms with E-state index in [2.05, 4.69) is 26.8 Å². The van der Waals surface area contributed by atoms with E-state index in [4.69, 9.17) is 9.72 Å². The molecule has 1 amide bonds. The minimum absolute atomic E-state index is 0.0667. The van der Waals surface area contributed by atoms with Gasteiger partial charge in [-0.1, -0.05) is 6.58 Å². The number of pyridine rings is 1. The Morgan fingerprint density at radius 2 is 2.00 bits per heavy atom. The molecule has 1 saturated heterocycles. The maximum absolute atomic E-state index is 15.6. The molecule has 3 aromatic heterocycles. The molecule has 5 aromatic rings. The molecule has 9 nitrogen and oxygen atoms in total. The number of rotatable bonds is 6. The van der Waals surface area contributed by atoms with Gasteiger partial charge in [-0.15, -0.1) is 0 Å². The van der Waals surface area contributed by atoms with Crippen LogP contribution in [0, 0.1) is 12.7 Å². The van der Waals surface area contributed by atoms with Crippen molar-refractivity contribution in [3.05, 3.63) is 84.8 Å². The van der Waals surface area contributed by atoms with Crippen molar-refractivity contribution in [1.29, 1.82) is 0 Å². The summed E-state index contributed by atoms with van der Waals surface area (Å²) in [5, 5.41) is 3.10. The second-order valence-electron chi connectivity index (χ2n) is 10.1. The van der Waals surface area contributed by atoms with Gasteiger partial charge in [0.15, 0.2) is 11.6 Å². The molecule has 1 fully saturated rings. The number of anilines is 2. The third-order valence-electron chi connectivity index (χ3n) is 7.47. The lowest BCUT2D eigenvalue weighted by molar-refractivity contribution is -0.126. The molecule has 2 aromatic carbocycles. The van der Waals surface area contributed by atoms with Gasteiger partial charge in [0.2, 0.25) is 5.91 Å². The van der Waals surface area contributed by atoms with Crippen LogP contribution < -0.4 is 10.1 Å². The SMILES string of the molecule is C=CC(=O)N1CC(c2ccc3ncnc(Nc4ccc(Oc5ccc6c(c5)ncn6C)c(C)c4F)c3n2)CC1C. The largest absolute Gasteiger partial charge is 0.457 e. The van der Waals surface area contributed by atoms with Gasteiger partial charge >= 0.3 is 0 Å². The Morgan fingerprint density at radius 1 is 1.15 bits per heavy atom. The van der Waals surface area contributed by atoms with Crippen molar-refractivity contribution in [2.75, 3.05) is 11.9 Å². The lowest BCUT2D eigenvalue weighted by atomic mass is 10.0. The number of aromatic nitrogens is 5. The van der Waals surface area contributed by atoms with Crippen molar-refractivity contribution in [3.8, 4) is 11.5 Å². The highest BCUT2D eigenvalue weighted by molar-refractivity contribution is 5.88. The Balaban J connectivity index is 1.27. The van der Waals surface area contributed by atoms with E-state index >= 15 is 4.39 Å².